The summed E-state index contributed by atoms with van der Waals surface area (Å²) in [6.07, 6.45) is 7.63. The van der Waals surface area contributed by atoms with Gasteiger partial charge in [0.1, 0.15) is 6.54 Å². The van der Waals surface area contributed by atoms with Crippen molar-refractivity contribution in [2.24, 2.45) is 5.92 Å². The average molecular weight is 291 g/mol. The van der Waals surface area contributed by atoms with E-state index in [0.29, 0.717) is 32.4 Å². The van der Waals surface area contributed by atoms with Crippen molar-refractivity contribution >= 4 is 11.9 Å². The Morgan fingerprint density at radius 3 is 2.38 bits per heavy atom. The summed E-state index contributed by atoms with van der Waals surface area (Å²) in [6, 6.07) is 5.98. The van der Waals surface area contributed by atoms with Crippen LogP contribution in [0.25, 0.3) is 0 Å². The van der Waals surface area contributed by atoms with Gasteiger partial charge in [0.2, 0.25) is 5.91 Å². The Balaban J connectivity index is 1.63. The van der Waals surface area contributed by atoms with Crippen LogP contribution < -0.4 is 4.57 Å². The van der Waals surface area contributed by atoms with Gasteiger partial charge in [-0.1, -0.05) is 6.07 Å². The van der Waals surface area contributed by atoms with Crippen molar-refractivity contribution in [1.82, 2.24) is 4.90 Å². The molecule has 1 N–H and O–H groups in total. The Morgan fingerprint density at radius 1 is 1.10 bits per heavy atom. The van der Waals surface area contributed by atoms with Crippen molar-refractivity contribution in [2.75, 3.05) is 13.1 Å². The van der Waals surface area contributed by atoms with Crippen molar-refractivity contribution in [3.63, 3.8) is 0 Å². The number of aromatic nitrogens is 1. The van der Waals surface area contributed by atoms with Gasteiger partial charge in [-0.05, 0) is 19.3 Å². The number of nitrogens with zero attached hydrogens (tertiary/aromatic N) is 2. The van der Waals surface area contributed by atoms with Gasteiger partial charge < -0.3 is 10.0 Å². The first-order valence-corrected chi connectivity index (χ1v) is 7.61. The number of piperidine rings is 1. The number of unbranched alkanes of at least 4 members (excludes halogenated alkanes) is 1. The number of carboxylic acid groups (broad SMARTS) is 1. The van der Waals surface area contributed by atoms with Crippen LogP contribution in [0, 0.1) is 5.92 Å². The first-order chi connectivity index (χ1) is 10.2. The number of likely N-dealkylation sites (tertiary alicyclic amines) is 1. The highest BCUT2D eigenvalue weighted by molar-refractivity contribution is 5.77. The van der Waals surface area contributed by atoms with Gasteiger partial charge in [0.25, 0.3) is 0 Å². The highest BCUT2D eigenvalue weighted by Crippen LogP contribution is 2.18. The van der Waals surface area contributed by atoms with Gasteiger partial charge in [0, 0.05) is 38.1 Å². The zero-order chi connectivity index (χ0) is 15.1. The lowest BCUT2D eigenvalue weighted by atomic mass is 9.97. The summed E-state index contributed by atoms with van der Waals surface area (Å²) < 4.78 is 2.11. The molecule has 1 aliphatic heterocycles. The minimum atomic E-state index is -0.734. The predicted octanol–water partition coefficient (Wildman–Crippen LogP) is 1.47. The van der Waals surface area contributed by atoms with Gasteiger partial charge in [0.15, 0.2) is 12.4 Å². The third-order valence-corrected chi connectivity index (χ3v) is 4.03. The molecular weight excluding hydrogens is 268 g/mol. The summed E-state index contributed by atoms with van der Waals surface area (Å²) in [5, 5.41) is 8.94. The fourth-order valence-electron chi connectivity index (χ4n) is 2.69. The zero-order valence-electron chi connectivity index (χ0n) is 12.3. The number of carbonyl (C=O) groups excluding carboxylic acids is 1. The number of carboxylic acids is 1. The smallest absolute Gasteiger partial charge is 0.306 e. The number of rotatable bonds is 6. The van der Waals surface area contributed by atoms with Crippen LogP contribution in [0.4, 0.5) is 0 Å². The lowest BCUT2D eigenvalue weighted by Crippen LogP contribution is -2.40. The first kappa shape index (κ1) is 15.5. The summed E-state index contributed by atoms with van der Waals surface area (Å²) in [5.41, 5.74) is 0. The summed E-state index contributed by atoms with van der Waals surface area (Å²) in [5.74, 6) is -0.845. The minimum Gasteiger partial charge on any atom is -0.481 e. The number of amides is 1. The van der Waals surface area contributed by atoms with E-state index < -0.39 is 5.97 Å². The van der Waals surface area contributed by atoms with E-state index in [0.717, 1.165) is 19.4 Å². The number of carbonyl (C=O) groups is 2. The number of aliphatic carboxylic acids is 1. The van der Waals surface area contributed by atoms with Crippen LogP contribution in [0.1, 0.15) is 32.1 Å². The number of hydrogen-bond acceptors (Lipinski definition) is 2. The molecule has 1 aromatic heterocycles. The van der Waals surface area contributed by atoms with Crippen LogP contribution in [-0.4, -0.2) is 35.0 Å². The second-order valence-corrected chi connectivity index (χ2v) is 5.56. The van der Waals surface area contributed by atoms with Gasteiger partial charge in [-0.3, -0.25) is 9.59 Å². The molecule has 0 aromatic carbocycles. The maximum absolute atomic E-state index is 12.1. The van der Waals surface area contributed by atoms with E-state index >= 15 is 0 Å². The summed E-state index contributed by atoms with van der Waals surface area (Å²) in [4.78, 5) is 24.7. The normalized spacial score (nSPS) is 15.9. The second kappa shape index (κ2) is 7.76. The lowest BCUT2D eigenvalue weighted by Gasteiger charge is -2.30. The molecule has 21 heavy (non-hydrogen) atoms. The molecule has 1 saturated heterocycles. The maximum Gasteiger partial charge on any atom is 0.306 e. The average Bonchev–Trinajstić information content (AvgIpc) is 2.52. The molecule has 1 amide bonds. The van der Waals surface area contributed by atoms with E-state index in [4.69, 9.17) is 5.11 Å². The minimum absolute atomic E-state index is 0.164. The number of aryl methyl sites for hydroxylation is 1. The quantitative estimate of drug-likeness (QED) is 0.638. The molecule has 1 aromatic rings. The monoisotopic (exact) mass is 291 g/mol. The van der Waals surface area contributed by atoms with Crippen molar-refractivity contribution in [3.05, 3.63) is 30.6 Å². The van der Waals surface area contributed by atoms with Crippen molar-refractivity contribution < 1.29 is 19.3 Å². The van der Waals surface area contributed by atoms with Crippen LogP contribution in [0.15, 0.2) is 30.6 Å². The molecule has 0 spiro atoms. The molecule has 0 radical (unpaired) electrons. The SMILES string of the molecule is O=C(O)C1CCN(C(=O)CCCC[n+]2ccccc2)CC1. The number of hydrogen-bond donors (Lipinski definition) is 1. The van der Waals surface area contributed by atoms with Crippen LogP contribution in [0.5, 0.6) is 0 Å². The molecule has 2 heterocycles. The molecule has 0 aliphatic carbocycles. The Bertz CT molecular complexity index is 468. The molecule has 1 aliphatic rings. The standard InChI is InChI=1S/C16H22N2O3/c19-15(18-12-7-14(8-13-18)16(20)21)6-2-5-11-17-9-3-1-4-10-17/h1,3-4,9-10,14H,2,5-8,11-13H2/p+1. The molecule has 1 fully saturated rings. The molecule has 5 heteroatoms. The molecule has 0 bridgehead atoms. The molecule has 0 unspecified atom stereocenters. The van der Waals surface area contributed by atoms with Crippen LogP contribution in [0.2, 0.25) is 0 Å². The summed E-state index contributed by atoms with van der Waals surface area (Å²) in [7, 11) is 0. The van der Waals surface area contributed by atoms with Gasteiger partial charge in [-0.15, -0.1) is 0 Å². The first-order valence-electron chi connectivity index (χ1n) is 7.61. The Labute approximate surface area is 125 Å². The second-order valence-electron chi connectivity index (χ2n) is 5.56. The van der Waals surface area contributed by atoms with E-state index in [1.165, 1.54) is 0 Å². The van der Waals surface area contributed by atoms with E-state index in [9.17, 15) is 9.59 Å². The topological polar surface area (TPSA) is 61.5 Å². The van der Waals surface area contributed by atoms with Gasteiger partial charge in [-0.2, -0.15) is 0 Å². The van der Waals surface area contributed by atoms with Crippen LogP contribution >= 0.6 is 0 Å². The van der Waals surface area contributed by atoms with Crippen LogP contribution in [0.3, 0.4) is 0 Å². The largest absolute Gasteiger partial charge is 0.481 e. The molecule has 0 saturated carbocycles. The van der Waals surface area contributed by atoms with Crippen molar-refractivity contribution in [3.8, 4) is 0 Å². The molecule has 5 nitrogen and oxygen atoms in total. The van der Waals surface area contributed by atoms with Gasteiger partial charge in [-0.25, -0.2) is 4.57 Å². The van der Waals surface area contributed by atoms with Gasteiger partial charge >= 0.3 is 5.97 Å². The Kier molecular flexibility index (Phi) is 5.72. The molecule has 114 valence electrons. The maximum atomic E-state index is 12.1. The highest BCUT2D eigenvalue weighted by atomic mass is 16.4. The fourth-order valence-corrected chi connectivity index (χ4v) is 2.69. The fraction of sp³-hybridized carbons (Fsp3) is 0.562. The number of pyridine rings is 1. The van der Waals surface area contributed by atoms with Crippen LogP contribution in [-0.2, 0) is 16.1 Å². The van der Waals surface area contributed by atoms with Gasteiger partial charge in [0.05, 0.1) is 5.92 Å². The molecule has 0 atom stereocenters. The lowest BCUT2D eigenvalue weighted by molar-refractivity contribution is -0.697. The zero-order valence-corrected chi connectivity index (χ0v) is 12.3. The molecular formula is C16H23N2O3+. The van der Waals surface area contributed by atoms with E-state index in [2.05, 4.69) is 4.57 Å². The Morgan fingerprint density at radius 2 is 1.76 bits per heavy atom. The highest BCUT2D eigenvalue weighted by Gasteiger charge is 2.26. The Hall–Kier alpha value is -1.91. The molecule has 2 rings (SSSR count). The van der Waals surface area contributed by atoms with E-state index in [-0.39, 0.29) is 11.8 Å². The summed E-state index contributed by atoms with van der Waals surface area (Å²) >= 11 is 0. The van der Waals surface area contributed by atoms with E-state index in [1.807, 2.05) is 35.5 Å². The third-order valence-electron chi connectivity index (χ3n) is 4.03. The predicted molar refractivity (Wildman–Crippen MR) is 77.4 cm³/mol. The van der Waals surface area contributed by atoms with E-state index in [1.54, 1.807) is 0 Å². The van der Waals surface area contributed by atoms with Crippen molar-refractivity contribution in [2.45, 2.75) is 38.6 Å². The summed E-state index contributed by atoms with van der Waals surface area (Å²) in [6.45, 7) is 2.10. The van der Waals surface area contributed by atoms with Crippen molar-refractivity contribution in [1.29, 1.82) is 0 Å². The third kappa shape index (κ3) is 4.85.